The van der Waals surface area contributed by atoms with E-state index in [1.165, 1.54) is 10.2 Å². The molecule has 3 aromatic rings. The molecule has 1 fully saturated rings. The van der Waals surface area contributed by atoms with Crippen molar-refractivity contribution in [2.45, 2.75) is 32.5 Å². The van der Waals surface area contributed by atoms with Gasteiger partial charge in [-0.05, 0) is 30.7 Å². The molecular formula is C22H26N6O3. The van der Waals surface area contributed by atoms with Crippen LogP contribution >= 0.6 is 0 Å². The van der Waals surface area contributed by atoms with Gasteiger partial charge in [0.05, 0.1) is 19.9 Å². The predicted molar refractivity (Wildman–Crippen MR) is 114 cm³/mol. The summed E-state index contributed by atoms with van der Waals surface area (Å²) in [6.07, 6.45) is 5.63. The second kappa shape index (κ2) is 7.49. The number of aromatic nitrogens is 5. The summed E-state index contributed by atoms with van der Waals surface area (Å²) < 4.78 is 9.89. The van der Waals surface area contributed by atoms with E-state index in [2.05, 4.69) is 15.1 Å². The van der Waals surface area contributed by atoms with Crippen LogP contribution in [0.3, 0.4) is 0 Å². The molecule has 2 aliphatic heterocycles. The normalized spacial score (nSPS) is 20.5. The van der Waals surface area contributed by atoms with Crippen LogP contribution in [0.2, 0.25) is 0 Å². The van der Waals surface area contributed by atoms with Crippen LogP contribution in [0.25, 0.3) is 0 Å². The van der Waals surface area contributed by atoms with Crippen molar-refractivity contribution in [1.29, 1.82) is 0 Å². The summed E-state index contributed by atoms with van der Waals surface area (Å²) in [5, 5.41) is 8.83. The van der Waals surface area contributed by atoms with Gasteiger partial charge in [-0.3, -0.25) is 23.7 Å². The highest BCUT2D eigenvalue weighted by Crippen LogP contribution is 2.39. The van der Waals surface area contributed by atoms with Gasteiger partial charge in [-0.2, -0.15) is 10.2 Å². The van der Waals surface area contributed by atoms with Crippen LogP contribution in [0.15, 0.2) is 46.2 Å². The molecule has 0 radical (unpaired) electrons. The monoisotopic (exact) mass is 422 g/mol. The first-order valence-electron chi connectivity index (χ1n) is 10.5. The highest BCUT2D eigenvalue weighted by molar-refractivity contribution is 5.27. The smallest absolute Gasteiger partial charge is 0.332 e. The lowest BCUT2D eigenvalue weighted by Crippen LogP contribution is -2.43. The maximum Gasteiger partial charge on any atom is 0.332 e. The average molecular weight is 422 g/mol. The number of aryl methyl sites for hydroxylation is 1. The molecule has 1 aromatic carbocycles. The Bertz CT molecular complexity index is 1230. The molecule has 5 rings (SSSR count). The van der Waals surface area contributed by atoms with Crippen LogP contribution in [0.1, 0.15) is 23.4 Å². The Labute approximate surface area is 179 Å². The molecule has 1 spiro atoms. The van der Waals surface area contributed by atoms with E-state index in [0.717, 1.165) is 37.4 Å². The average Bonchev–Trinajstić information content (AvgIpc) is 3.46. The van der Waals surface area contributed by atoms with E-state index in [9.17, 15) is 9.59 Å². The molecule has 0 aliphatic carbocycles. The molecule has 162 valence electrons. The molecule has 1 saturated heterocycles. The van der Waals surface area contributed by atoms with Crippen LogP contribution in [-0.4, -0.2) is 49.2 Å². The van der Waals surface area contributed by atoms with E-state index in [4.69, 9.17) is 4.74 Å². The number of nitrogens with zero attached hydrogens (tertiary/aromatic N) is 6. The highest BCUT2D eigenvalue weighted by Gasteiger charge is 2.44. The van der Waals surface area contributed by atoms with Crippen molar-refractivity contribution in [2.24, 2.45) is 12.5 Å². The Kier molecular flexibility index (Phi) is 4.77. The first-order valence-corrected chi connectivity index (χ1v) is 10.5. The van der Waals surface area contributed by atoms with E-state index < -0.39 is 11.1 Å². The lowest BCUT2D eigenvalue weighted by molar-refractivity contribution is 0.246. The number of methoxy groups -OCH3 is 1. The van der Waals surface area contributed by atoms with Crippen molar-refractivity contribution in [3.05, 3.63) is 74.3 Å². The number of ether oxygens (including phenoxy) is 1. The van der Waals surface area contributed by atoms with Crippen LogP contribution < -0.4 is 15.9 Å². The summed E-state index contributed by atoms with van der Waals surface area (Å²) in [4.78, 5) is 27.9. The molecule has 2 aromatic heterocycles. The fraction of sp³-hybridized carbons (Fsp3) is 0.455. The third kappa shape index (κ3) is 3.69. The molecule has 0 bridgehead atoms. The molecule has 0 N–H and O–H groups in total. The van der Waals surface area contributed by atoms with Gasteiger partial charge >= 0.3 is 11.1 Å². The van der Waals surface area contributed by atoms with Gasteiger partial charge in [0.15, 0.2) is 0 Å². The van der Waals surface area contributed by atoms with Gasteiger partial charge < -0.3 is 4.74 Å². The van der Waals surface area contributed by atoms with Gasteiger partial charge in [-0.15, -0.1) is 0 Å². The van der Waals surface area contributed by atoms with Gasteiger partial charge in [0, 0.05) is 50.3 Å². The van der Waals surface area contributed by atoms with Crippen LogP contribution in [0.5, 0.6) is 5.75 Å². The van der Waals surface area contributed by atoms with Crippen molar-refractivity contribution < 1.29 is 4.74 Å². The predicted octanol–water partition coefficient (Wildman–Crippen LogP) is 0.644. The molecule has 9 heteroatoms. The number of hydrogen-bond donors (Lipinski definition) is 0. The third-order valence-electron chi connectivity index (χ3n) is 6.41. The Morgan fingerprint density at radius 1 is 1.06 bits per heavy atom. The second-order valence-electron chi connectivity index (χ2n) is 8.78. The van der Waals surface area contributed by atoms with Crippen molar-refractivity contribution in [3.8, 4) is 5.75 Å². The third-order valence-corrected chi connectivity index (χ3v) is 6.41. The largest absolute Gasteiger partial charge is 0.497 e. The molecule has 0 amide bonds. The Morgan fingerprint density at radius 3 is 2.58 bits per heavy atom. The summed E-state index contributed by atoms with van der Waals surface area (Å²) in [6.45, 7) is 3.53. The minimum absolute atomic E-state index is 0.0346. The van der Waals surface area contributed by atoms with Gasteiger partial charge in [-0.1, -0.05) is 12.1 Å². The van der Waals surface area contributed by atoms with Crippen LogP contribution in [-0.2, 0) is 33.1 Å². The Hall–Kier alpha value is -3.20. The minimum Gasteiger partial charge on any atom is -0.497 e. The number of fused-ring (bicyclic) bond motifs is 1. The summed E-state index contributed by atoms with van der Waals surface area (Å²) in [6, 6.07) is 7.44. The number of benzene rings is 1. The molecule has 2 aliphatic rings. The van der Waals surface area contributed by atoms with E-state index in [1.807, 2.05) is 48.4 Å². The summed E-state index contributed by atoms with van der Waals surface area (Å²) in [5.41, 5.74) is 1.01. The standard InChI is InChI=1S/C22H26N6O3/c1-25-11-17(10-23-25)12-26-8-7-22(14-26)9-19-24-28(21(30)20(29)27(19)15-22)13-16-3-5-18(31-2)6-4-16/h3-6,10-11H,7-9,12-15H2,1-2H3/t22-/m0/s1. The molecule has 4 heterocycles. The Morgan fingerprint density at radius 2 is 1.87 bits per heavy atom. The van der Waals surface area contributed by atoms with E-state index in [0.29, 0.717) is 18.8 Å². The fourth-order valence-corrected chi connectivity index (χ4v) is 4.86. The zero-order valence-electron chi connectivity index (χ0n) is 17.8. The first kappa shape index (κ1) is 19.7. The summed E-state index contributed by atoms with van der Waals surface area (Å²) >= 11 is 0. The maximum absolute atomic E-state index is 12.8. The van der Waals surface area contributed by atoms with Gasteiger partial charge in [0.25, 0.3) is 0 Å². The molecule has 0 saturated carbocycles. The maximum atomic E-state index is 12.8. The van der Waals surface area contributed by atoms with Crippen LogP contribution in [0.4, 0.5) is 0 Å². The second-order valence-corrected chi connectivity index (χ2v) is 8.78. The minimum atomic E-state index is -0.568. The van der Waals surface area contributed by atoms with Gasteiger partial charge in [0.1, 0.15) is 11.6 Å². The fourth-order valence-electron chi connectivity index (χ4n) is 4.86. The highest BCUT2D eigenvalue weighted by atomic mass is 16.5. The molecular weight excluding hydrogens is 396 g/mol. The zero-order valence-corrected chi connectivity index (χ0v) is 17.8. The van der Waals surface area contributed by atoms with Gasteiger partial charge in [-0.25, -0.2) is 4.68 Å². The van der Waals surface area contributed by atoms with E-state index >= 15 is 0 Å². The van der Waals surface area contributed by atoms with Crippen molar-refractivity contribution >= 4 is 0 Å². The number of likely N-dealkylation sites (tertiary alicyclic amines) is 1. The molecule has 1 atom stereocenters. The van der Waals surface area contributed by atoms with Crippen molar-refractivity contribution in [2.75, 3.05) is 20.2 Å². The summed E-state index contributed by atoms with van der Waals surface area (Å²) in [7, 11) is 3.53. The van der Waals surface area contributed by atoms with E-state index in [-0.39, 0.29) is 12.0 Å². The van der Waals surface area contributed by atoms with Crippen LogP contribution in [0, 0.1) is 5.41 Å². The molecule has 9 nitrogen and oxygen atoms in total. The molecule has 31 heavy (non-hydrogen) atoms. The summed E-state index contributed by atoms with van der Waals surface area (Å²) in [5.74, 6) is 1.46. The first-order chi connectivity index (χ1) is 14.9. The lowest BCUT2D eigenvalue weighted by Gasteiger charge is -2.22. The topological polar surface area (TPSA) is 87.2 Å². The SMILES string of the molecule is COc1ccc(Cn2nc3n(c(=O)c2=O)C[C@@]2(CCN(Cc4cnn(C)c4)C2)C3)cc1. The van der Waals surface area contributed by atoms with E-state index in [1.54, 1.807) is 11.7 Å². The Balaban J connectivity index is 1.35. The zero-order chi connectivity index (χ0) is 21.6. The quantitative estimate of drug-likeness (QED) is 0.561. The number of rotatable bonds is 5. The van der Waals surface area contributed by atoms with Crippen molar-refractivity contribution in [3.63, 3.8) is 0 Å². The van der Waals surface area contributed by atoms with Crippen molar-refractivity contribution in [1.82, 2.24) is 29.0 Å². The molecule has 0 unspecified atom stereocenters. The number of hydrogen-bond acceptors (Lipinski definition) is 6. The lowest BCUT2D eigenvalue weighted by atomic mass is 9.86. The van der Waals surface area contributed by atoms with Gasteiger partial charge in [0.2, 0.25) is 0 Å².